The lowest BCUT2D eigenvalue weighted by Crippen LogP contribution is -2.03. The van der Waals surface area contributed by atoms with Gasteiger partial charge in [-0.1, -0.05) is 26.8 Å². The second kappa shape index (κ2) is 3.95. The first-order chi connectivity index (χ1) is 6.98. The fourth-order valence-electron chi connectivity index (χ4n) is 1.13. The van der Waals surface area contributed by atoms with Gasteiger partial charge in [-0.05, 0) is 0 Å². The standard InChI is InChI=1S/C6H5ClFNO4S2/c7-6-9-3(4-12-1-2-13-4)5(14-6)15(8,10)11/h4H,1-2H2. The highest BCUT2D eigenvalue weighted by atomic mass is 35.5. The van der Waals surface area contributed by atoms with Gasteiger partial charge in [0.1, 0.15) is 5.69 Å². The fourth-order valence-corrected chi connectivity index (χ4v) is 3.16. The molecule has 0 spiro atoms. The SMILES string of the molecule is O=S(=O)(F)c1sc(Cl)nc1C1OCCO1. The number of nitrogens with zero attached hydrogens (tertiary/aromatic N) is 1. The van der Waals surface area contributed by atoms with E-state index in [1.807, 2.05) is 0 Å². The molecule has 15 heavy (non-hydrogen) atoms. The highest BCUT2D eigenvalue weighted by Crippen LogP contribution is 2.35. The lowest BCUT2D eigenvalue weighted by Gasteiger charge is -2.05. The van der Waals surface area contributed by atoms with E-state index in [4.69, 9.17) is 21.1 Å². The Balaban J connectivity index is 2.46. The number of thiazole rings is 1. The molecule has 1 fully saturated rings. The number of halogens is 2. The van der Waals surface area contributed by atoms with Gasteiger partial charge in [-0.2, -0.15) is 8.42 Å². The van der Waals surface area contributed by atoms with Crippen molar-refractivity contribution in [1.82, 2.24) is 4.98 Å². The van der Waals surface area contributed by atoms with Crippen molar-refractivity contribution < 1.29 is 21.8 Å². The van der Waals surface area contributed by atoms with Crippen molar-refractivity contribution in [1.29, 1.82) is 0 Å². The lowest BCUT2D eigenvalue weighted by atomic mass is 10.5. The van der Waals surface area contributed by atoms with E-state index in [2.05, 4.69) is 4.98 Å². The summed E-state index contributed by atoms with van der Waals surface area (Å²) in [6.07, 6.45) is -0.950. The van der Waals surface area contributed by atoms with Gasteiger partial charge in [0.25, 0.3) is 0 Å². The number of rotatable bonds is 2. The predicted octanol–water partition coefficient (Wildman–Crippen LogP) is 1.50. The van der Waals surface area contributed by atoms with Crippen LogP contribution in [0.25, 0.3) is 0 Å². The molecule has 9 heteroatoms. The van der Waals surface area contributed by atoms with Gasteiger partial charge in [-0.15, -0.1) is 0 Å². The Morgan fingerprint density at radius 3 is 2.60 bits per heavy atom. The molecule has 1 aliphatic heterocycles. The van der Waals surface area contributed by atoms with Crippen molar-refractivity contribution in [2.45, 2.75) is 10.5 Å². The van der Waals surface area contributed by atoms with Crippen LogP contribution >= 0.6 is 22.9 Å². The Bertz CT molecular complexity index is 467. The minimum Gasteiger partial charge on any atom is -0.345 e. The van der Waals surface area contributed by atoms with E-state index in [-0.39, 0.29) is 10.2 Å². The topological polar surface area (TPSA) is 65.5 Å². The quantitative estimate of drug-likeness (QED) is 0.764. The number of aromatic nitrogens is 1. The largest absolute Gasteiger partial charge is 0.345 e. The molecule has 0 aromatic carbocycles. The summed E-state index contributed by atoms with van der Waals surface area (Å²) in [4.78, 5) is 3.67. The highest BCUT2D eigenvalue weighted by molar-refractivity contribution is 7.88. The maximum Gasteiger partial charge on any atom is 0.343 e. The molecule has 0 amide bonds. The van der Waals surface area contributed by atoms with Gasteiger partial charge in [0.05, 0.1) is 13.2 Å². The van der Waals surface area contributed by atoms with Crippen LogP contribution in [0.1, 0.15) is 12.0 Å². The zero-order valence-electron chi connectivity index (χ0n) is 7.14. The third kappa shape index (κ3) is 2.28. The van der Waals surface area contributed by atoms with E-state index < -0.39 is 20.7 Å². The van der Waals surface area contributed by atoms with Crippen LogP contribution in [0.2, 0.25) is 4.47 Å². The van der Waals surface area contributed by atoms with Crippen LogP contribution in [0.5, 0.6) is 0 Å². The first-order valence-electron chi connectivity index (χ1n) is 3.82. The maximum atomic E-state index is 12.8. The van der Waals surface area contributed by atoms with Crippen molar-refractivity contribution in [3.63, 3.8) is 0 Å². The van der Waals surface area contributed by atoms with Gasteiger partial charge < -0.3 is 9.47 Å². The molecule has 1 saturated heterocycles. The first kappa shape index (κ1) is 11.2. The second-order valence-corrected chi connectivity index (χ2v) is 5.77. The third-order valence-corrected chi connectivity index (χ3v) is 4.13. The molecule has 2 heterocycles. The summed E-state index contributed by atoms with van der Waals surface area (Å²) in [5.74, 6) is 0. The Kier molecular flexibility index (Phi) is 2.95. The van der Waals surface area contributed by atoms with Crippen LogP contribution in [0.3, 0.4) is 0 Å². The van der Waals surface area contributed by atoms with Crippen LogP contribution in [-0.4, -0.2) is 26.6 Å². The molecule has 0 atom stereocenters. The van der Waals surface area contributed by atoms with Crippen molar-refractivity contribution in [2.75, 3.05) is 13.2 Å². The number of hydrogen-bond acceptors (Lipinski definition) is 6. The molecule has 0 saturated carbocycles. The molecule has 2 rings (SSSR count). The summed E-state index contributed by atoms with van der Waals surface area (Å²) < 4.78 is 43.8. The van der Waals surface area contributed by atoms with E-state index in [1.54, 1.807) is 0 Å². The van der Waals surface area contributed by atoms with Crippen molar-refractivity contribution in [2.24, 2.45) is 0 Å². The molecular weight excluding hydrogens is 269 g/mol. The summed E-state index contributed by atoms with van der Waals surface area (Å²) in [5.41, 5.74) is -0.120. The van der Waals surface area contributed by atoms with Crippen molar-refractivity contribution >= 4 is 33.2 Å². The van der Waals surface area contributed by atoms with Crippen LogP contribution in [-0.2, 0) is 19.7 Å². The third-order valence-electron chi connectivity index (χ3n) is 1.66. The normalized spacial score (nSPS) is 18.5. The Labute approximate surface area is 94.0 Å². The van der Waals surface area contributed by atoms with Crippen LogP contribution < -0.4 is 0 Å². The van der Waals surface area contributed by atoms with E-state index in [0.29, 0.717) is 24.6 Å². The van der Waals surface area contributed by atoms with Crippen molar-refractivity contribution in [3.05, 3.63) is 10.2 Å². The molecule has 0 bridgehead atoms. The molecule has 1 aliphatic rings. The van der Waals surface area contributed by atoms with Gasteiger partial charge in [0, 0.05) is 0 Å². The van der Waals surface area contributed by atoms with E-state index in [0.717, 1.165) is 0 Å². The molecule has 1 aromatic heterocycles. The zero-order chi connectivity index (χ0) is 11.1. The highest BCUT2D eigenvalue weighted by Gasteiger charge is 2.31. The van der Waals surface area contributed by atoms with E-state index in [9.17, 15) is 12.3 Å². The minimum absolute atomic E-state index is 0.0691. The summed E-state index contributed by atoms with van der Waals surface area (Å²) in [5, 5.41) is 0. The lowest BCUT2D eigenvalue weighted by molar-refractivity contribution is -0.0488. The van der Waals surface area contributed by atoms with E-state index >= 15 is 0 Å². The van der Waals surface area contributed by atoms with Gasteiger partial charge in [0.2, 0.25) is 6.29 Å². The average molecular weight is 274 g/mol. The molecular formula is C6H5ClFNO4S2. The predicted molar refractivity (Wildman–Crippen MR) is 50.1 cm³/mol. The smallest absolute Gasteiger partial charge is 0.343 e. The molecule has 5 nitrogen and oxygen atoms in total. The van der Waals surface area contributed by atoms with E-state index in [1.165, 1.54) is 0 Å². The maximum absolute atomic E-state index is 12.8. The minimum atomic E-state index is -4.84. The van der Waals surface area contributed by atoms with Crippen molar-refractivity contribution in [3.8, 4) is 0 Å². The monoisotopic (exact) mass is 273 g/mol. The first-order valence-corrected chi connectivity index (χ1v) is 6.40. The van der Waals surface area contributed by atoms with Crippen LogP contribution in [0.15, 0.2) is 4.21 Å². The Morgan fingerprint density at radius 2 is 2.07 bits per heavy atom. The van der Waals surface area contributed by atoms with Gasteiger partial charge in [-0.3, -0.25) is 0 Å². The van der Waals surface area contributed by atoms with Gasteiger partial charge in [0.15, 0.2) is 8.68 Å². The molecule has 0 unspecified atom stereocenters. The second-order valence-electron chi connectivity index (χ2n) is 2.65. The number of hydrogen-bond donors (Lipinski definition) is 0. The molecule has 1 aromatic rings. The molecule has 0 aliphatic carbocycles. The van der Waals surface area contributed by atoms with Gasteiger partial charge >= 0.3 is 10.2 Å². The number of ether oxygens (including phenoxy) is 2. The Hall–Kier alpha value is -0.280. The van der Waals surface area contributed by atoms with Crippen LogP contribution in [0, 0.1) is 0 Å². The molecule has 84 valence electrons. The average Bonchev–Trinajstić information content (AvgIpc) is 2.68. The fraction of sp³-hybridized carbons (Fsp3) is 0.500. The summed E-state index contributed by atoms with van der Waals surface area (Å²) in [6, 6.07) is 0. The zero-order valence-corrected chi connectivity index (χ0v) is 9.53. The molecule has 0 radical (unpaired) electrons. The molecule has 0 N–H and O–H groups in total. The summed E-state index contributed by atoms with van der Waals surface area (Å²) in [6.45, 7) is 0.622. The Morgan fingerprint density at radius 1 is 1.47 bits per heavy atom. The summed E-state index contributed by atoms with van der Waals surface area (Å²) >= 11 is 6.05. The summed E-state index contributed by atoms with van der Waals surface area (Å²) in [7, 11) is -4.84. The van der Waals surface area contributed by atoms with Gasteiger partial charge in [-0.25, -0.2) is 4.98 Å². The van der Waals surface area contributed by atoms with Crippen LogP contribution in [0.4, 0.5) is 3.89 Å².